The van der Waals surface area contributed by atoms with Gasteiger partial charge in [0.05, 0.1) is 31.0 Å². The maximum atomic E-state index is 13.0. The van der Waals surface area contributed by atoms with Crippen LogP contribution in [0.3, 0.4) is 0 Å². The normalized spacial score (nSPS) is 20.8. The number of carbonyl (C=O) groups is 2. The van der Waals surface area contributed by atoms with Gasteiger partial charge in [0.1, 0.15) is 5.75 Å². The molecule has 0 spiro atoms. The van der Waals surface area contributed by atoms with Crippen LogP contribution in [0.5, 0.6) is 5.75 Å². The van der Waals surface area contributed by atoms with Gasteiger partial charge in [-0.3, -0.25) is 14.5 Å². The third-order valence-corrected chi connectivity index (χ3v) is 6.94. The minimum Gasteiger partial charge on any atom is -0.488 e. The second-order valence-electron chi connectivity index (χ2n) is 9.75. The number of hydrogen-bond donors (Lipinski definition) is 2. The molecular weight excluding hydrogens is 454 g/mol. The van der Waals surface area contributed by atoms with E-state index >= 15 is 0 Å². The molecule has 2 saturated heterocycles. The van der Waals surface area contributed by atoms with Crippen LogP contribution in [-0.4, -0.2) is 54.7 Å². The van der Waals surface area contributed by atoms with Crippen molar-refractivity contribution >= 4 is 23.2 Å². The lowest BCUT2D eigenvalue weighted by atomic mass is 10.1. The number of rotatable bonds is 8. The third kappa shape index (κ3) is 5.12. The molecule has 3 aromatic rings. The fourth-order valence-corrected chi connectivity index (χ4v) is 4.86. The van der Waals surface area contributed by atoms with Gasteiger partial charge in [-0.15, -0.1) is 0 Å². The van der Waals surface area contributed by atoms with Gasteiger partial charge in [0.25, 0.3) is 5.91 Å². The van der Waals surface area contributed by atoms with Gasteiger partial charge in [0.2, 0.25) is 5.91 Å². The van der Waals surface area contributed by atoms with Crippen LogP contribution < -0.4 is 15.4 Å². The van der Waals surface area contributed by atoms with Gasteiger partial charge < -0.3 is 20.1 Å². The second kappa shape index (κ2) is 9.76. The SMILES string of the molecule is O=C(CN1CC2C[C@@H]1CO2)Nc1cc(C(=O)Nc2ccc(-c3ccccc3)cc2)ccc1OC1CC1. The van der Waals surface area contributed by atoms with E-state index in [-0.39, 0.29) is 24.0 Å². The molecule has 7 heteroatoms. The van der Waals surface area contributed by atoms with Gasteiger partial charge in [0.15, 0.2) is 0 Å². The summed E-state index contributed by atoms with van der Waals surface area (Å²) in [5.74, 6) is 0.239. The minimum absolute atomic E-state index is 0.114. The zero-order chi connectivity index (χ0) is 24.5. The minimum atomic E-state index is -0.245. The van der Waals surface area contributed by atoms with Crippen LogP contribution >= 0.6 is 0 Å². The number of nitrogens with one attached hydrogen (secondary N) is 2. The highest BCUT2D eigenvalue weighted by Crippen LogP contribution is 2.34. The molecule has 36 heavy (non-hydrogen) atoms. The number of likely N-dealkylation sites (tertiary alicyclic amines) is 1. The van der Waals surface area contributed by atoms with Gasteiger partial charge in [-0.05, 0) is 60.7 Å². The molecule has 184 valence electrons. The largest absolute Gasteiger partial charge is 0.488 e. The molecule has 2 aliphatic heterocycles. The molecule has 2 atom stereocenters. The average Bonchev–Trinajstić information content (AvgIpc) is 3.47. The second-order valence-corrected chi connectivity index (χ2v) is 9.75. The summed E-state index contributed by atoms with van der Waals surface area (Å²) in [6, 6.07) is 23.4. The standard InChI is InChI=1S/C29H29N3O4/c33-28(17-32-16-25-15-23(32)18-35-25)31-26-14-21(8-13-27(26)36-24-11-12-24)29(34)30-22-9-6-20(7-10-22)19-4-2-1-3-5-19/h1-10,13-14,23-25H,11-12,15-18H2,(H,30,34)(H,31,33)/t23-,25?/m1/s1. The summed E-state index contributed by atoms with van der Waals surface area (Å²) in [4.78, 5) is 28.1. The van der Waals surface area contributed by atoms with Gasteiger partial charge in [-0.2, -0.15) is 0 Å². The Labute approximate surface area is 210 Å². The first-order chi connectivity index (χ1) is 17.6. The van der Waals surface area contributed by atoms with Crippen LogP contribution in [0.2, 0.25) is 0 Å². The molecule has 3 aromatic carbocycles. The Morgan fingerprint density at radius 2 is 1.72 bits per heavy atom. The zero-order valence-electron chi connectivity index (χ0n) is 20.0. The highest BCUT2D eigenvalue weighted by atomic mass is 16.5. The van der Waals surface area contributed by atoms with E-state index in [1.807, 2.05) is 42.5 Å². The van der Waals surface area contributed by atoms with E-state index in [2.05, 4.69) is 27.7 Å². The van der Waals surface area contributed by atoms with Crippen molar-refractivity contribution in [1.29, 1.82) is 0 Å². The van der Waals surface area contributed by atoms with Crippen LogP contribution in [0.4, 0.5) is 11.4 Å². The average molecular weight is 484 g/mol. The third-order valence-electron chi connectivity index (χ3n) is 6.94. The Bertz CT molecular complexity index is 1260. The Kier molecular flexibility index (Phi) is 6.17. The Morgan fingerprint density at radius 3 is 2.42 bits per heavy atom. The maximum absolute atomic E-state index is 13.0. The summed E-state index contributed by atoms with van der Waals surface area (Å²) in [7, 11) is 0. The predicted molar refractivity (Wildman–Crippen MR) is 138 cm³/mol. The molecule has 2 amide bonds. The van der Waals surface area contributed by atoms with E-state index in [0.29, 0.717) is 41.9 Å². The topological polar surface area (TPSA) is 79.9 Å². The predicted octanol–water partition coefficient (Wildman–Crippen LogP) is 4.56. The zero-order valence-corrected chi connectivity index (χ0v) is 20.0. The summed E-state index contributed by atoms with van der Waals surface area (Å²) < 4.78 is 11.6. The van der Waals surface area contributed by atoms with Crippen molar-refractivity contribution in [3.8, 4) is 16.9 Å². The van der Waals surface area contributed by atoms with Crippen LogP contribution in [0.25, 0.3) is 11.1 Å². The molecule has 0 radical (unpaired) electrons. The lowest BCUT2D eigenvalue weighted by Crippen LogP contribution is -2.41. The van der Waals surface area contributed by atoms with Crippen molar-refractivity contribution in [2.45, 2.75) is 37.5 Å². The quantitative estimate of drug-likeness (QED) is 0.491. The van der Waals surface area contributed by atoms with E-state index in [4.69, 9.17) is 9.47 Å². The summed E-state index contributed by atoms with van der Waals surface area (Å²) in [5.41, 5.74) is 3.89. The van der Waals surface area contributed by atoms with Crippen molar-refractivity contribution in [1.82, 2.24) is 4.90 Å². The Hall–Kier alpha value is -3.68. The van der Waals surface area contributed by atoms with Gasteiger partial charge in [-0.1, -0.05) is 42.5 Å². The van der Waals surface area contributed by atoms with Gasteiger partial charge >= 0.3 is 0 Å². The summed E-state index contributed by atoms with van der Waals surface area (Å²) in [6.07, 6.45) is 3.42. The van der Waals surface area contributed by atoms with Crippen molar-refractivity contribution < 1.29 is 19.1 Å². The number of fused-ring (bicyclic) bond motifs is 2. The molecule has 3 aliphatic rings. The molecule has 7 nitrogen and oxygen atoms in total. The smallest absolute Gasteiger partial charge is 0.255 e. The first-order valence-electron chi connectivity index (χ1n) is 12.5. The monoisotopic (exact) mass is 483 g/mol. The number of hydrogen-bond acceptors (Lipinski definition) is 5. The molecule has 6 rings (SSSR count). The van der Waals surface area contributed by atoms with E-state index < -0.39 is 0 Å². The van der Waals surface area contributed by atoms with E-state index in [0.717, 1.165) is 36.9 Å². The molecule has 3 fully saturated rings. The van der Waals surface area contributed by atoms with Crippen LogP contribution in [0.1, 0.15) is 29.6 Å². The van der Waals surface area contributed by atoms with Crippen LogP contribution in [0.15, 0.2) is 72.8 Å². The maximum Gasteiger partial charge on any atom is 0.255 e. The first-order valence-corrected chi connectivity index (χ1v) is 12.5. The van der Waals surface area contributed by atoms with E-state index in [1.165, 1.54) is 0 Å². The van der Waals surface area contributed by atoms with Gasteiger partial charge in [-0.25, -0.2) is 0 Å². The molecule has 1 unspecified atom stereocenters. The number of carbonyl (C=O) groups excluding carboxylic acids is 2. The van der Waals surface area contributed by atoms with E-state index in [9.17, 15) is 9.59 Å². The van der Waals surface area contributed by atoms with Gasteiger partial charge in [0, 0.05) is 23.8 Å². The number of amides is 2. The lowest BCUT2D eigenvalue weighted by molar-refractivity contribution is -0.118. The first kappa shape index (κ1) is 22.8. The Balaban J connectivity index is 1.14. The number of nitrogens with zero attached hydrogens (tertiary/aromatic N) is 1. The molecule has 2 bridgehead atoms. The lowest BCUT2D eigenvalue weighted by Gasteiger charge is -2.26. The van der Waals surface area contributed by atoms with E-state index in [1.54, 1.807) is 18.2 Å². The van der Waals surface area contributed by atoms with Crippen LogP contribution in [-0.2, 0) is 9.53 Å². The highest BCUT2D eigenvalue weighted by molar-refractivity contribution is 6.06. The molecule has 1 saturated carbocycles. The number of morpholine rings is 1. The van der Waals surface area contributed by atoms with Crippen molar-refractivity contribution in [2.24, 2.45) is 0 Å². The number of anilines is 2. The molecule has 2 heterocycles. The summed E-state index contributed by atoms with van der Waals surface area (Å²) in [6.45, 7) is 1.78. The molecule has 2 N–H and O–H groups in total. The molecular formula is C29H29N3O4. The molecule has 0 aromatic heterocycles. The molecule has 1 aliphatic carbocycles. The number of benzene rings is 3. The summed E-state index contributed by atoms with van der Waals surface area (Å²) in [5, 5.41) is 5.94. The fraction of sp³-hybridized carbons (Fsp3) is 0.310. The van der Waals surface area contributed by atoms with Crippen molar-refractivity contribution in [2.75, 3.05) is 30.3 Å². The van der Waals surface area contributed by atoms with Crippen molar-refractivity contribution in [3.63, 3.8) is 0 Å². The summed E-state index contributed by atoms with van der Waals surface area (Å²) >= 11 is 0. The fourth-order valence-electron chi connectivity index (χ4n) is 4.86. The highest BCUT2D eigenvalue weighted by Gasteiger charge is 2.39. The van der Waals surface area contributed by atoms with Crippen LogP contribution in [0, 0.1) is 0 Å². The van der Waals surface area contributed by atoms with Crippen molar-refractivity contribution in [3.05, 3.63) is 78.4 Å². The Morgan fingerprint density at radius 1 is 0.944 bits per heavy atom. The number of ether oxygens (including phenoxy) is 2.